The van der Waals surface area contributed by atoms with Crippen molar-refractivity contribution in [3.8, 4) is 5.75 Å². The Kier molecular flexibility index (Phi) is 8.74. The highest BCUT2D eigenvalue weighted by molar-refractivity contribution is 7.13. The van der Waals surface area contributed by atoms with E-state index in [2.05, 4.69) is 144 Å². The highest BCUT2D eigenvalue weighted by Crippen LogP contribution is 2.46. The first kappa shape index (κ1) is 30.7. The maximum absolute atomic E-state index is 5.63. The Bertz CT molecular complexity index is 2090. The summed E-state index contributed by atoms with van der Waals surface area (Å²) in [5.74, 6) is 1.02. The molecule has 0 spiro atoms. The Morgan fingerprint density at radius 2 is 1.30 bits per heavy atom. The molecular formula is C40H36N4OS2. The van der Waals surface area contributed by atoms with Gasteiger partial charge in [-0.1, -0.05) is 66.8 Å². The summed E-state index contributed by atoms with van der Waals surface area (Å²) in [6, 6.07) is 32.4. The molecule has 0 N–H and O–H groups in total. The number of ether oxygens (including phenoxy) is 1. The van der Waals surface area contributed by atoms with Gasteiger partial charge in [0.25, 0.3) is 0 Å². The summed E-state index contributed by atoms with van der Waals surface area (Å²) in [6.07, 6.45) is 13.1. The van der Waals surface area contributed by atoms with Crippen LogP contribution in [0.1, 0.15) is 50.4 Å². The quantitative estimate of drug-likeness (QED) is 0.155. The average molecular weight is 653 g/mol. The third kappa shape index (κ3) is 6.12. The van der Waals surface area contributed by atoms with Gasteiger partial charge in [-0.2, -0.15) is 8.75 Å². The van der Waals surface area contributed by atoms with E-state index in [1.54, 1.807) is 18.4 Å². The number of hydrogen-bond donors (Lipinski definition) is 0. The number of aromatic nitrogens is 2. The number of benzene rings is 4. The van der Waals surface area contributed by atoms with Gasteiger partial charge in [0, 0.05) is 76.1 Å². The molecule has 2 aromatic heterocycles. The maximum atomic E-state index is 5.63. The van der Waals surface area contributed by atoms with Gasteiger partial charge in [-0.25, -0.2) is 0 Å². The number of fused-ring (bicyclic) bond motifs is 3. The third-order valence-corrected chi connectivity index (χ3v) is 10.2. The number of thiophene rings is 1. The van der Waals surface area contributed by atoms with Gasteiger partial charge in [0.05, 0.1) is 18.8 Å². The zero-order valence-electron chi connectivity index (χ0n) is 26.9. The Morgan fingerprint density at radius 1 is 0.723 bits per heavy atom. The average Bonchev–Trinajstić information content (AvgIpc) is 3.79. The standard InChI is InChI=1S/C40H36N4OS2/c1-5-44-36-12-8-6-10-34(36)33(35-11-7-9-13-37(35)44)25-19-29-15-14-28(39-40(29)42-47-41-39)18-22-32-24-23-31(46-32)21-17-27-16-20-30(43(2)3)26-38(27)45-4/h6-26,33H,5H2,1-4H3/b21-17+,22-18+,25-19+. The van der Waals surface area contributed by atoms with Gasteiger partial charge >= 0.3 is 0 Å². The molecule has 47 heavy (non-hydrogen) atoms. The summed E-state index contributed by atoms with van der Waals surface area (Å²) in [4.78, 5) is 6.84. The zero-order valence-corrected chi connectivity index (χ0v) is 28.6. The van der Waals surface area contributed by atoms with Crippen LogP contribution < -0.4 is 14.5 Å². The van der Waals surface area contributed by atoms with Crippen LogP contribution in [-0.2, 0) is 0 Å². The number of allylic oxidation sites excluding steroid dienone is 1. The van der Waals surface area contributed by atoms with Gasteiger partial charge in [-0.3, -0.25) is 0 Å². The molecule has 1 aliphatic rings. The summed E-state index contributed by atoms with van der Waals surface area (Å²) < 4.78 is 15.0. The molecule has 0 radical (unpaired) electrons. The minimum absolute atomic E-state index is 0.159. The molecular weight excluding hydrogens is 617 g/mol. The largest absolute Gasteiger partial charge is 0.496 e. The Hall–Kier alpha value is -4.98. The number of anilines is 3. The monoisotopic (exact) mass is 652 g/mol. The highest BCUT2D eigenvalue weighted by atomic mass is 32.1. The molecule has 6 aromatic rings. The number of methoxy groups -OCH3 is 1. The van der Waals surface area contributed by atoms with E-state index < -0.39 is 0 Å². The SMILES string of the molecule is CCN1c2ccccc2C(/C=C/c2ccc(/C=C/c3ccc(/C=C/c4ccc(N(C)C)cc4OC)s3)c3nsnc23)c2ccccc21. The van der Waals surface area contributed by atoms with E-state index >= 15 is 0 Å². The van der Waals surface area contributed by atoms with Crippen molar-refractivity contribution in [2.45, 2.75) is 12.8 Å². The minimum Gasteiger partial charge on any atom is -0.496 e. The van der Waals surface area contributed by atoms with E-state index in [1.807, 2.05) is 14.1 Å². The van der Waals surface area contributed by atoms with Gasteiger partial charge in [0.2, 0.25) is 0 Å². The Morgan fingerprint density at radius 3 is 1.89 bits per heavy atom. The maximum Gasteiger partial charge on any atom is 0.128 e. The van der Waals surface area contributed by atoms with E-state index in [0.29, 0.717) is 0 Å². The first-order valence-electron chi connectivity index (χ1n) is 15.7. The molecule has 4 aromatic carbocycles. The van der Waals surface area contributed by atoms with Crippen molar-refractivity contribution in [1.29, 1.82) is 0 Å². The van der Waals surface area contributed by atoms with Crippen molar-refractivity contribution in [1.82, 2.24) is 8.75 Å². The van der Waals surface area contributed by atoms with Crippen LogP contribution in [0.4, 0.5) is 17.1 Å². The van der Waals surface area contributed by atoms with Crippen molar-refractivity contribution in [2.75, 3.05) is 37.5 Å². The first-order chi connectivity index (χ1) is 23.0. The molecule has 0 amide bonds. The molecule has 0 saturated carbocycles. The van der Waals surface area contributed by atoms with E-state index in [-0.39, 0.29) is 5.92 Å². The van der Waals surface area contributed by atoms with E-state index in [0.717, 1.165) is 45.7 Å². The molecule has 0 aliphatic carbocycles. The van der Waals surface area contributed by atoms with Crippen molar-refractivity contribution in [2.24, 2.45) is 0 Å². The van der Waals surface area contributed by atoms with Gasteiger partial charge in [-0.15, -0.1) is 11.3 Å². The van der Waals surface area contributed by atoms with Crippen molar-refractivity contribution < 1.29 is 4.74 Å². The topological polar surface area (TPSA) is 41.5 Å². The van der Waals surface area contributed by atoms with Crippen molar-refractivity contribution >= 4 is 81.5 Å². The minimum atomic E-state index is 0.159. The van der Waals surface area contributed by atoms with E-state index in [9.17, 15) is 0 Å². The fraction of sp³-hybridized carbons (Fsp3) is 0.150. The highest BCUT2D eigenvalue weighted by Gasteiger charge is 2.27. The molecule has 7 rings (SSSR count). The predicted molar refractivity (Wildman–Crippen MR) is 203 cm³/mol. The van der Waals surface area contributed by atoms with Gasteiger partial charge in [0.1, 0.15) is 16.8 Å². The second-order valence-corrected chi connectivity index (χ2v) is 13.3. The lowest BCUT2D eigenvalue weighted by Crippen LogP contribution is -2.24. The molecule has 7 heteroatoms. The van der Waals surface area contributed by atoms with Crippen LogP contribution in [0.2, 0.25) is 0 Å². The lowest BCUT2D eigenvalue weighted by Gasteiger charge is -2.36. The predicted octanol–water partition coefficient (Wildman–Crippen LogP) is 10.5. The van der Waals surface area contributed by atoms with Gasteiger partial charge in [-0.05, 0) is 72.7 Å². The summed E-state index contributed by atoms with van der Waals surface area (Å²) in [5, 5.41) is 0. The molecule has 1 aliphatic heterocycles. The summed E-state index contributed by atoms with van der Waals surface area (Å²) >= 11 is 3.01. The second kappa shape index (κ2) is 13.4. The van der Waals surface area contributed by atoms with Crippen LogP contribution in [0.5, 0.6) is 5.75 Å². The Balaban J connectivity index is 1.12. The van der Waals surface area contributed by atoms with Crippen LogP contribution in [0.3, 0.4) is 0 Å². The summed E-state index contributed by atoms with van der Waals surface area (Å²) in [7, 11) is 5.78. The smallest absolute Gasteiger partial charge is 0.128 e. The van der Waals surface area contributed by atoms with Crippen LogP contribution >= 0.6 is 23.1 Å². The van der Waals surface area contributed by atoms with Crippen LogP contribution in [0.25, 0.3) is 41.4 Å². The van der Waals surface area contributed by atoms with Gasteiger partial charge < -0.3 is 14.5 Å². The second-order valence-electron chi connectivity index (χ2n) is 11.6. The Labute approximate surface area is 284 Å². The normalized spacial score (nSPS) is 13.2. The molecule has 234 valence electrons. The number of hydrogen-bond acceptors (Lipinski definition) is 7. The van der Waals surface area contributed by atoms with E-state index in [4.69, 9.17) is 13.5 Å². The lowest BCUT2D eigenvalue weighted by molar-refractivity contribution is 0.414. The van der Waals surface area contributed by atoms with Gasteiger partial charge in [0.15, 0.2) is 0 Å². The molecule has 5 nitrogen and oxygen atoms in total. The molecule has 0 unspecified atom stereocenters. The van der Waals surface area contributed by atoms with E-state index in [1.165, 1.54) is 44.0 Å². The molecule has 3 heterocycles. The summed E-state index contributed by atoms with van der Waals surface area (Å²) in [5.41, 5.74) is 11.4. The molecule has 0 bridgehead atoms. The molecule has 0 atom stereocenters. The van der Waals surface area contributed by atoms with Crippen molar-refractivity contribution in [3.63, 3.8) is 0 Å². The fourth-order valence-electron chi connectivity index (χ4n) is 6.22. The number of rotatable bonds is 9. The number of para-hydroxylation sites is 2. The first-order valence-corrected chi connectivity index (χ1v) is 17.3. The number of nitrogens with zero attached hydrogens (tertiary/aromatic N) is 4. The zero-order chi connectivity index (χ0) is 32.3. The van der Waals surface area contributed by atoms with Crippen LogP contribution in [0.15, 0.2) is 97.1 Å². The fourth-order valence-corrected chi connectivity index (χ4v) is 7.62. The molecule has 0 fully saturated rings. The van der Waals surface area contributed by atoms with Crippen molar-refractivity contribution in [3.05, 3.63) is 135 Å². The van der Waals surface area contributed by atoms with Crippen LogP contribution in [-0.4, -0.2) is 36.5 Å². The van der Waals surface area contributed by atoms with Crippen LogP contribution in [0, 0.1) is 0 Å². The lowest BCUT2D eigenvalue weighted by atomic mass is 9.84. The summed E-state index contributed by atoms with van der Waals surface area (Å²) in [6.45, 7) is 3.14. The third-order valence-electron chi connectivity index (χ3n) is 8.62. The molecule has 0 saturated heterocycles.